The maximum Gasteiger partial charge on any atom is -0.0125 e. The van der Waals surface area contributed by atoms with Crippen molar-refractivity contribution in [1.82, 2.24) is 0 Å². The van der Waals surface area contributed by atoms with E-state index in [1.54, 1.807) is 0 Å². The highest BCUT2D eigenvalue weighted by atomic mass is 14.2. The van der Waals surface area contributed by atoms with Gasteiger partial charge in [-0.15, -0.1) is 0 Å². The van der Waals surface area contributed by atoms with Gasteiger partial charge in [0.15, 0.2) is 0 Å². The van der Waals surface area contributed by atoms with Gasteiger partial charge in [0.05, 0.1) is 0 Å². The van der Waals surface area contributed by atoms with E-state index >= 15 is 0 Å². The second-order valence-electron chi connectivity index (χ2n) is 6.60. The number of aryl methyl sites for hydroxylation is 3. The molecule has 0 heterocycles. The summed E-state index contributed by atoms with van der Waals surface area (Å²) < 4.78 is 0. The first-order valence-corrected chi connectivity index (χ1v) is 6.98. The molecule has 0 amide bonds. The third-order valence-corrected chi connectivity index (χ3v) is 3.72. The van der Waals surface area contributed by atoms with E-state index in [1.165, 1.54) is 33.4 Å². The smallest absolute Gasteiger partial charge is 0.0125 e. The summed E-state index contributed by atoms with van der Waals surface area (Å²) in [5.74, 6) is 0. The van der Waals surface area contributed by atoms with E-state index in [4.69, 9.17) is 0 Å². The van der Waals surface area contributed by atoms with Gasteiger partial charge in [-0.3, -0.25) is 0 Å². The Bertz CT molecular complexity index is 557. The van der Waals surface area contributed by atoms with Gasteiger partial charge in [-0.05, 0) is 54.0 Å². The van der Waals surface area contributed by atoms with Gasteiger partial charge < -0.3 is 0 Å². The number of hydrogen-bond donors (Lipinski definition) is 0. The highest BCUT2D eigenvalue weighted by molar-refractivity contribution is 5.71. The fraction of sp³-hybridized carbons (Fsp3) is 0.368. The van der Waals surface area contributed by atoms with Crippen molar-refractivity contribution in [2.75, 3.05) is 0 Å². The van der Waals surface area contributed by atoms with Crippen molar-refractivity contribution < 1.29 is 0 Å². The molecule has 0 aliphatic heterocycles. The van der Waals surface area contributed by atoms with Crippen LogP contribution in [-0.2, 0) is 5.41 Å². The van der Waals surface area contributed by atoms with Crippen LogP contribution in [0, 0.1) is 20.8 Å². The lowest BCUT2D eigenvalue weighted by Gasteiger charge is -2.20. The molecule has 0 nitrogen and oxygen atoms in total. The summed E-state index contributed by atoms with van der Waals surface area (Å²) >= 11 is 0. The highest BCUT2D eigenvalue weighted by Crippen LogP contribution is 2.30. The van der Waals surface area contributed by atoms with E-state index in [-0.39, 0.29) is 5.41 Å². The molecule has 0 heteroatoms. The van der Waals surface area contributed by atoms with E-state index in [0.717, 1.165) is 0 Å². The minimum absolute atomic E-state index is 0.218. The largest absolute Gasteiger partial charge is 0.0579 e. The first kappa shape index (κ1) is 13.9. The Kier molecular flexibility index (Phi) is 3.54. The average molecular weight is 252 g/mol. The maximum absolute atomic E-state index is 2.26. The van der Waals surface area contributed by atoms with Crippen LogP contribution in [0.5, 0.6) is 0 Å². The van der Waals surface area contributed by atoms with Crippen molar-refractivity contribution in [3.63, 3.8) is 0 Å². The van der Waals surface area contributed by atoms with Crippen molar-refractivity contribution in [2.45, 2.75) is 47.0 Å². The van der Waals surface area contributed by atoms with Gasteiger partial charge in [-0.25, -0.2) is 0 Å². The highest BCUT2D eigenvalue weighted by Gasteiger charge is 2.14. The van der Waals surface area contributed by atoms with E-state index in [0.29, 0.717) is 0 Å². The van der Waals surface area contributed by atoms with Crippen LogP contribution in [0.1, 0.15) is 43.0 Å². The van der Waals surface area contributed by atoms with Crippen LogP contribution >= 0.6 is 0 Å². The summed E-state index contributed by atoms with van der Waals surface area (Å²) in [7, 11) is 0. The zero-order valence-corrected chi connectivity index (χ0v) is 13.0. The van der Waals surface area contributed by atoms with Crippen LogP contribution in [0.4, 0.5) is 0 Å². The fourth-order valence-corrected chi connectivity index (χ4v) is 2.77. The molecule has 0 atom stereocenters. The van der Waals surface area contributed by atoms with Crippen LogP contribution in [0.25, 0.3) is 11.1 Å². The van der Waals surface area contributed by atoms with Crippen molar-refractivity contribution in [2.24, 2.45) is 0 Å². The second-order valence-corrected chi connectivity index (χ2v) is 6.60. The Balaban J connectivity index is 2.49. The number of rotatable bonds is 1. The summed E-state index contributed by atoms with van der Waals surface area (Å²) in [5.41, 5.74) is 8.37. The summed E-state index contributed by atoms with van der Waals surface area (Å²) in [6.07, 6.45) is 0. The molecular weight excluding hydrogens is 228 g/mol. The molecule has 0 aliphatic carbocycles. The van der Waals surface area contributed by atoms with Crippen molar-refractivity contribution in [3.05, 3.63) is 58.7 Å². The fourth-order valence-electron chi connectivity index (χ4n) is 2.77. The van der Waals surface area contributed by atoms with Gasteiger partial charge >= 0.3 is 0 Å². The molecule has 2 rings (SSSR count). The molecule has 0 aliphatic rings. The quantitative estimate of drug-likeness (QED) is 0.622. The summed E-state index contributed by atoms with van der Waals surface area (Å²) in [4.78, 5) is 0. The molecular formula is C19H24. The summed E-state index contributed by atoms with van der Waals surface area (Å²) in [6.45, 7) is 13.3. The molecule has 0 bridgehead atoms. The summed E-state index contributed by atoms with van der Waals surface area (Å²) in [6, 6.07) is 13.6. The molecule has 0 N–H and O–H groups in total. The van der Waals surface area contributed by atoms with E-state index in [2.05, 4.69) is 77.9 Å². The van der Waals surface area contributed by atoms with Crippen molar-refractivity contribution in [1.29, 1.82) is 0 Å². The third kappa shape index (κ3) is 2.89. The van der Waals surface area contributed by atoms with Crippen LogP contribution < -0.4 is 0 Å². The Morgan fingerprint density at radius 2 is 1.21 bits per heavy atom. The molecule has 0 saturated carbocycles. The van der Waals surface area contributed by atoms with Gasteiger partial charge in [0, 0.05) is 0 Å². The molecule has 0 aromatic heterocycles. The van der Waals surface area contributed by atoms with Gasteiger partial charge in [0.1, 0.15) is 0 Å². The van der Waals surface area contributed by atoms with Crippen molar-refractivity contribution >= 4 is 0 Å². The summed E-state index contributed by atoms with van der Waals surface area (Å²) in [5, 5.41) is 0. The third-order valence-electron chi connectivity index (χ3n) is 3.72. The first-order valence-electron chi connectivity index (χ1n) is 6.98. The van der Waals surface area contributed by atoms with Gasteiger partial charge in [-0.1, -0.05) is 62.7 Å². The number of hydrogen-bond acceptors (Lipinski definition) is 0. The van der Waals surface area contributed by atoms with Gasteiger partial charge in [0.2, 0.25) is 0 Å². The minimum atomic E-state index is 0.218. The maximum atomic E-state index is 2.26. The molecule has 0 fully saturated rings. The first-order chi connectivity index (χ1) is 8.79. The molecule has 0 radical (unpaired) electrons. The lowest BCUT2D eigenvalue weighted by atomic mass is 9.85. The lowest BCUT2D eigenvalue weighted by molar-refractivity contribution is 0.590. The SMILES string of the molecule is Cc1cc(C)c(-c2ccc(C(C)(C)C)cc2)c(C)c1. The molecule has 2 aromatic carbocycles. The van der Waals surface area contributed by atoms with E-state index < -0.39 is 0 Å². The predicted octanol–water partition coefficient (Wildman–Crippen LogP) is 5.58. The Morgan fingerprint density at radius 1 is 0.737 bits per heavy atom. The van der Waals surface area contributed by atoms with Gasteiger partial charge in [0.25, 0.3) is 0 Å². The lowest BCUT2D eigenvalue weighted by Crippen LogP contribution is -2.10. The molecule has 0 spiro atoms. The van der Waals surface area contributed by atoms with E-state index in [9.17, 15) is 0 Å². The Labute approximate surface area is 117 Å². The zero-order chi connectivity index (χ0) is 14.2. The van der Waals surface area contributed by atoms with E-state index in [1.807, 2.05) is 0 Å². The molecule has 0 unspecified atom stereocenters. The minimum Gasteiger partial charge on any atom is -0.0579 e. The standard InChI is InChI=1S/C19H24/c1-13-11-14(2)18(15(3)12-13)16-7-9-17(10-8-16)19(4,5)6/h7-12H,1-6H3. The average Bonchev–Trinajstić information content (AvgIpc) is 2.27. The van der Waals surface area contributed by atoms with Crippen LogP contribution in [0.2, 0.25) is 0 Å². The Morgan fingerprint density at radius 3 is 1.63 bits per heavy atom. The Hall–Kier alpha value is -1.56. The van der Waals surface area contributed by atoms with Crippen LogP contribution in [-0.4, -0.2) is 0 Å². The van der Waals surface area contributed by atoms with Crippen molar-refractivity contribution in [3.8, 4) is 11.1 Å². The normalized spacial score (nSPS) is 11.7. The molecule has 2 aromatic rings. The predicted molar refractivity (Wildman–Crippen MR) is 84.8 cm³/mol. The zero-order valence-electron chi connectivity index (χ0n) is 13.0. The van der Waals surface area contributed by atoms with Crippen LogP contribution in [0.15, 0.2) is 36.4 Å². The molecule has 19 heavy (non-hydrogen) atoms. The number of benzene rings is 2. The monoisotopic (exact) mass is 252 g/mol. The van der Waals surface area contributed by atoms with Crippen LogP contribution in [0.3, 0.4) is 0 Å². The molecule has 100 valence electrons. The second kappa shape index (κ2) is 4.85. The molecule has 0 saturated heterocycles. The topological polar surface area (TPSA) is 0 Å². The van der Waals surface area contributed by atoms with Gasteiger partial charge in [-0.2, -0.15) is 0 Å².